The summed E-state index contributed by atoms with van der Waals surface area (Å²) in [6, 6.07) is 10.6. The van der Waals surface area contributed by atoms with E-state index in [2.05, 4.69) is 19.2 Å². The van der Waals surface area contributed by atoms with E-state index in [1.807, 2.05) is 37.3 Å². The van der Waals surface area contributed by atoms with Gasteiger partial charge < -0.3 is 19.5 Å². The first-order chi connectivity index (χ1) is 16.3. The van der Waals surface area contributed by atoms with Crippen molar-refractivity contribution in [2.75, 3.05) is 31.5 Å². The molecule has 0 fully saturated rings. The Hall–Kier alpha value is -3.48. The maximum atomic E-state index is 13.7. The number of fused-ring (bicyclic) bond motifs is 1. The third kappa shape index (κ3) is 3.89. The van der Waals surface area contributed by atoms with Crippen LogP contribution in [0.4, 0.5) is 11.4 Å². The van der Waals surface area contributed by atoms with Crippen molar-refractivity contribution >= 4 is 23.1 Å². The van der Waals surface area contributed by atoms with Crippen LogP contribution in [-0.4, -0.2) is 33.0 Å². The van der Waals surface area contributed by atoms with Gasteiger partial charge in [0.1, 0.15) is 0 Å². The van der Waals surface area contributed by atoms with E-state index >= 15 is 0 Å². The van der Waals surface area contributed by atoms with Crippen molar-refractivity contribution in [3.05, 3.63) is 53.2 Å². The highest BCUT2D eigenvalue weighted by Gasteiger charge is 2.44. The van der Waals surface area contributed by atoms with Gasteiger partial charge in [0.15, 0.2) is 17.3 Å². The van der Waals surface area contributed by atoms with Crippen molar-refractivity contribution in [2.45, 2.75) is 46.1 Å². The monoisotopic (exact) mass is 464 g/mol. The summed E-state index contributed by atoms with van der Waals surface area (Å²) in [6.07, 6.45) is 1.36. The van der Waals surface area contributed by atoms with E-state index in [0.717, 1.165) is 17.1 Å². The number of ether oxygens (including phenoxy) is 3. The number of anilines is 2. The maximum absolute atomic E-state index is 13.7. The summed E-state index contributed by atoms with van der Waals surface area (Å²) in [6.45, 7) is 6.01. The van der Waals surface area contributed by atoms with E-state index in [4.69, 9.17) is 14.2 Å². The summed E-state index contributed by atoms with van der Waals surface area (Å²) in [5, 5.41) is 3.51. The maximum Gasteiger partial charge on any atom is 0.227 e. The van der Waals surface area contributed by atoms with E-state index in [9.17, 15) is 9.59 Å². The van der Waals surface area contributed by atoms with E-state index in [1.54, 1.807) is 32.3 Å². The minimum Gasteiger partial charge on any atom is -0.493 e. The Balaban J connectivity index is 2.08. The molecule has 4 rings (SSSR count). The third-order valence-electron chi connectivity index (χ3n) is 6.50. The molecule has 1 aliphatic carbocycles. The molecule has 180 valence electrons. The molecule has 1 atom stereocenters. The minimum atomic E-state index is -0.683. The number of nitrogens with one attached hydrogen (secondary N) is 1. The zero-order chi connectivity index (χ0) is 24.6. The topological polar surface area (TPSA) is 77.1 Å². The molecule has 7 heteroatoms. The number of benzene rings is 2. The molecule has 1 amide bonds. The Morgan fingerprint density at radius 1 is 1.03 bits per heavy atom. The van der Waals surface area contributed by atoms with Gasteiger partial charge in [0, 0.05) is 29.7 Å². The Bertz CT molecular complexity index is 1170. The van der Waals surface area contributed by atoms with Gasteiger partial charge >= 0.3 is 0 Å². The average Bonchev–Trinajstić information content (AvgIpc) is 2.95. The van der Waals surface area contributed by atoms with E-state index in [0.29, 0.717) is 41.2 Å². The van der Waals surface area contributed by atoms with Crippen LogP contribution in [0.15, 0.2) is 47.7 Å². The molecule has 0 unspecified atom stereocenters. The lowest BCUT2D eigenvalue weighted by atomic mass is 9.73. The van der Waals surface area contributed by atoms with Crippen LogP contribution < -0.4 is 24.4 Å². The van der Waals surface area contributed by atoms with Crippen molar-refractivity contribution < 1.29 is 23.8 Å². The van der Waals surface area contributed by atoms with Crippen LogP contribution in [0.3, 0.4) is 0 Å². The first kappa shape index (κ1) is 23.7. The molecule has 34 heavy (non-hydrogen) atoms. The molecule has 7 nitrogen and oxygen atoms in total. The molecule has 0 radical (unpaired) electrons. The van der Waals surface area contributed by atoms with Crippen molar-refractivity contribution in [3.63, 3.8) is 0 Å². The number of rotatable bonds is 5. The van der Waals surface area contributed by atoms with Gasteiger partial charge in [0.25, 0.3) is 0 Å². The highest BCUT2D eigenvalue weighted by molar-refractivity contribution is 6.06. The van der Waals surface area contributed by atoms with E-state index < -0.39 is 6.04 Å². The predicted molar refractivity (Wildman–Crippen MR) is 132 cm³/mol. The molecule has 0 bridgehead atoms. The standard InChI is InChI=1S/C27H32N2O5/c1-7-22(31)29-19-11-9-8-10-17(19)28-18-14-27(2,3)15-20(30)23(18)24(29)16-12-13-21(32-4)26(34-6)25(16)33-5/h8-13,24,28H,7,14-15H2,1-6H3/t24-/m1/s1. The number of Topliss-reactive ketones (excluding diaryl/α,β-unsaturated/α-hetero) is 1. The Kier molecular flexibility index (Phi) is 6.30. The molecule has 0 spiro atoms. The zero-order valence-corrected chi connectivity index (χ0v) is 20.7. The van der Waals surface area contributed by atoms with Crippen LogP contribution in [-0.2, 0) is 9.59 Å². The minimum absolute atomic E-state index is 0.0160. The smallest absolute Gasteiger partial charge is 0.227 e. The van der Waals surface area contributed by atoms with Crippen LogP contribution >= 0.6 is 0 Å². The number of carbonyl (C=O) groups is 2. The van der Waals surface area contributed by atoms with Crippen LogP contribution in [0.1, 0.15) is 51.6 Å². The molecule has 1 aliphatic heterocycles. The second kappa shape index (κ2) is 9.05. The second-order valence-corrected chi connectivity index (χ2v) is 9.42. The summed E-state index contributed by atoms with van der Waals surface area (Å²) in [4.78, 5) is 29.0. The molecular formula is C27H32N2O5. The number of amides is 1. The number of allylic oxidation sites excluding steroid dienone is 1. The quantitative estimate of drug-likeness (QED) is 0.650. The largest absolute Gasteiger partial charge is 0.493 e. The first-order valence-corrected chi connectivity index (χ1v) is 11.5. The number of para-hydroxylation sites is 2. The second-order valence-electron chi connectivity index (χ2n) is 9.42. The Morgan fingerprint density at radius 3 is 2.38 bits per heavy atom. The normalized spacial score (nSPS) is 18.9. The fraction of sp³-hybridized carbons (Fsp3) is 0.407. The summed E-state index contributed by atoms with van der Waals surface area (Å²) in [7, 11) is 4.65. The van der Waals surface area contributed by atoms with Gasteiger partial charge in [-0.05, 0) is 36.1 Å². The van der Waals surface area contributed by atoms with Gasteiger partial charge in [-0.1, -0.05) is 32.9 Å². The van der Waals surface area contributed by atoms with Crippen LogP contribution in [0.25, 0.3) is 0 Å². The van der Waals surface area contributed by atoms with Gasteiger partial charge in [0.05, 0.1) is 38.7 Å². The number of ketones is 1. The molecule has 0 saturated carbocycles. The fourth-order valence-electron chi connectivity index (χ4n) is 5.07. The summed E-state index contributed by atoms with van der Waals surface area (Å²) >= 11 is 0. The Morgan fingerprint density at radius 2 is 1.74 bits per heavy atom. The van der Waals surface area contributed by atoms with Gasteiger partial charge in [-0.25, -0.2) is 0 Å². The average molecular weight is 465 g/mol. The number of methoxy groups -OCH3 is 3. The lowest BCUT2D eigenvalue weighted by Gasteiger charge is -2.37. The fourth-order valence-corrected chi connectivity index (χ4v) is 5.07. The lowest BCUT2D eigenvalue weighted by Crippen LogP contribution is -2.39. The van der Waals surface area contributed by atoms with E-state index in [-0.39, 0.29) is 23.5 Å². The van der Waals surface area contributed by atoms with Gasteiger partial charge in [-0.2, -0.15) is 0 Å². The SMILES string of the molecule is CCC(=O)N1c2ccccc2NC2=C(C(=O)CC(C)(C)C2)[C@H]1c1ccc(OC)c(OC)c1OC. The van der Waals surface area contributed by atoms with Crippen molar-refractivity contribution in [3.8, 4) is 17.2 Å². The number of hydrogen-bond donors (Lipinski definition) is 1. The molecule has 0 aromatic heterocycles. The molecular weight excluding hydrogens is 432 g/mol. The molecule has 1 heterocycles. The van der Waals surface area contributed by atoms with Crippen molar-refractivity contribution in [1.29, 1.82) is 0 Å². The predicted octanol–water partition coefficient (Wildman–Crippen LogP) is 5.27. The number of carbonyl (C=O) groups excluding carboxylic acids is 2. The zero-order valence-electron chi connectivity index (χ0n) is 20.7. The highest BCUT2D eigenvalue weighted by atomic mass is 16.5. The summed E-state index contributed by atoms with van der Waals surface area (Å²) < 4.78 is 16.9. The summed E-state index contributed by atoms with van der Waals surface area (Å²) in [5.74, 6) is 1.28. The van der Waals surface area contributed by atoms with Crippen LogP contribution in [0.2, 0.25) is 0 Å². The molecule has 2 aliphatic rings. The molecule has 2 aromatic rings. The molecule has 2 aromatic carbocycles. The van der Waals surface area contributed by atoms with Gasteiger partial charge in [0.2, 0.25) is 11.7 Å². The summed E-state index contributed by atoms with van der Waals surface area (Å²) in [5.41, 5.74) is 3.40. The van der Waals surface area contributed by atoms with Crippen LogP contribution in [0, 0.1) is 5.41 Å². The number of nitrogens with zero attached hydrogens (tertiary/aromatic N) is 1. The molecule has 0 saturated heterocycles. The third-order valence-corrected chi connectivity index (χ3v) is 6.50. The highest BCUT2D eigenvalue weighted by Crippen LogP contribution is 2.52. The van der Waals surface area contributed by atoms with Gasteiger partial charge in [-0.15, -0.1) is 0 Å². The Labute approximate surface area is 200 Å². The van der Waals surface area contributed by atoms with Crippen LogP contribution in [0.5, 0.6) is 17.2 Å². The molecule has 1 N–H and O–H groups in total. The van der Waals surface area contributed by atoms with Crippen molar-refractivity contribution in [2.24, 2.45) is 5.41 Å². The lowest BCUT2D eigenvalue weighted by molar-refractivity contribution is -0.119. The van der Waals surface area contributed by atoms with Crippen molar-refractivity contribution in [1.82, 2.24) is 0 Å². The van der Waals surface area contributed by atoms with E-state index in [1.165, 1.54) is 0 Å². The van der Waals surface area contributed by atoms with Gasteiger partial charge in [-0.3, -0.25) is 14.5 Å². The number of hydrogen-bond acceptors (Lipinski definition) is 6. The first-order valence-electron chi connectivity index (χ1n) is 11.5.